The second-order valence-electron chi connectivity index (χ2n) is 5.47. The Labute approximate surface area is 120 Å². The van der Waals surface area contributed by atoms with E-state index in [9.17, 15) is 8.42 Å². The summed E-state index contributed by atoms with van der Waals surface area (Å²) >= 11 is 0. The van der Waals surface area contributed by atoms with Gasteiger partial charge in [0.05, 0.1) is 17.7 Å². The molecule has 20 heavy (non-hydrogen) atoms. The molecule has 0 bridgehead atoms. The summed E-state index contributed by atoms with van der Waals surface area (Å²) in [4.78, 5) is 0.239. The van der Waals surface area contributed by atoms with Gasteiger partial charge in [0.15, 0.2) is 0 Å². The van der Waals surface area contributed by atoms with E-state index in [1.165, 1.54) is 13.2 Å². The van der Waals surface area contributed by atoms with E-state index in [0.717, 1.165) is 12.8 Å². The number of methoxy groups -OCH3 is 1. The first-order valence-corrected chi connectivity index (χ1v) is 8.27. The van der Waals surface area contributed by atoms with Crippen LogP contribution in [0.2, 0.25) is 0 Å². The van der Waals surface area contributed by atoms with Crippen molar-refractivity contribution in [3.05, 3.63) is 18.2 Å². The number of nitrogens with two attached hydrogens (primary N) is 1. The number of sulfonamides is 1. The molecule has 0 radical (unpaired) electrons. The van der Waals surface area contributed by atoms with Crippen LogP contribution in [0.4, 0.5) is 5.69 Å². The van der Waals surface area contributed by atoms with Crippen LogP contribution in [0.25, 0.3) is 0 Å². The summed E-state index contributed by atoms with van der Waals surface area (Å²) < 4.78 is 32.1. The van der Waals surface area contributed by atoms with Crippen molar-refractivity contribution in [3.63, 3.8) is 0 Å². The molecule has 2 N–H and O–H groups in total. The molecule has 1 fully saturated rings. The molecule has 0 aromatic heterocycles. The van der Waals surface area contributed by atoms with Crippen LogP contribution in [0.5, 0.6) is 5.75 Å². The van der Waals surface area contributed by atoms with Crippen LogP contribution in [0.15, 0.2) is 23.1 Å². The molecule has 1 atom stereocenters. The first-order valence-electron chi connectivity index (χ1n) is 6.83. The summed E-state index contributed by atoms with van der Waals surface area (Å²) in [5, 5.41) is 0. The lowest BCUT2D eigenvalue weighted by Gasteiger charge is -2.27. The van der Waals surface area contributed by atoms with E-state index in [0.29, 0.717) is 23.9 Å². The highest BCUT2D eigenvalue weighted by molar-refractivity contribution is 7.89. The van der Waals surface area contributed by atoms with Crippen LogP contribution in [0.3, 0.4) is 0 Å². The standard InChI is InChI=1S/C14H22N2O3S/c1-10(2)13-5-4-8-16(13)20(17,18)11-6-7-14(19-3)12(15)9-11/h6-7,9-10,13H,4-5,8,15H2,1-3H3. The second-order valence-corrected chi connectivity index (χ2v) is 7.36. The van der Waals surface area contributed by atoms with Crippen LogP contribution in [-0.2, 0) is 10.0 Å². The van der Waals surface area contributed by atoms with E-state index in [4.69, 9.17) is 10.5 Å². The second kappa shape index (κ2) is 5.61. The Bertz CT molecular complexity index is 584. The van der Waals surface area contributed by atoms with Crippen molar-refractivity contribution in [2.45, 2.75) is 37.6 Å². The zero-order valence-electron chi connectivity index (χ0n) is 12.2. The number of ether oxygens (including phenoxy) is 1. The lowest BCUT2D eigenvalue weighted by Crippen LogP contribution is -2.38. The molecule has 0 spiro atoms. The van der Waals surface area contributed by atoms with Crippen LogP contribution in [0, 0.1) is 5.92 Å². The highest BCUT2D eigenvalue weighted by Gasteiger charge is 2.36. The monoisotopic (exact) mass is 298 g/mol. The molecule has 1 aromatic rings. The largest absolute Gasteiger partial charge is 0.495 e. The lowest BCUT2D eigenvalue weighted by atomic mass is 10.0. The molecule has 1 aromatic carbocycles. The third-order valence-corrected chi connectivity index (χ3v) is 5.75. The molecular formula is C14H22N2O3S. The van der Waals surface area contributed by atoms with E-state index in [2.05, 4.69) is 13.8 Å². The Morgan fingerprint density at radius 1 is 1.40 bits per heavy atom. The van der Waals surface area contributed by atoms with Crippen molar-refractivity contribution in [1.82, 2.24) is 4.31 Å². The minimum absolute atomic E-state index is 0.0725. The molecule has 1 saturated heterocycles. The number of nitrogens with zero attached hydrogens (tertiary/aromatic N) is 1. The Balaban J connectivity index is 2.37. The van der Waals surface area contributed by atoms with Gasteiger partial charge in [-0.1, -0.05) is 13.8 Å². The minimum Gasteiger partial charge on any atom is -0.495 e. The summed E-state index contributed by atoms with van der Waals surface area (Å²) in [7, 11) is -1.97. The number of hydrogen-bond acceptors (Lipinski definition) is 4. The Kier molecular flexibility index (Phi) is 4.25. The minimum atomic E-state index is -3.48. The van der Waals surface area contributed by atoms with Gasteiger partial charge in [-0.2, -0.15) is 4.31 Å². The summed E-state index contributed by atoms with van der Waals surface area (Å²) in [6, 6.07) is 4.70. The van der Waals surface area contributed by atoms with E-state index in [1.807, 2.05) is 0 Å². The zero-order chi connectivity index (χ0) is 14.9. The third kappa shape index (κ3) is 2.62. The molecule has 112 valence electrons. The molecule has 1 heterocycles. The maximum absolute atomic E-state index is 12.7. The fraction of sp³-hybridized carbons (Fsp3) is 0.571. The zero-order valence-corrected chi connectivity index (χ0v) is 13.0. The molecule has 1 aliphatic rings. The van der Waals surface area contributed by atoms with E-state index in [-0.39, 0.29) is 10.9 Å². The summed E-state index contributed by atoms with van der Waals surface area (Å²) in [5.74, 6) is 0.800. The fourth-order valence-corrected chi connectivity index (χ4v) is 4.60. The van der Waals surface area contributed by atoms with Gasteiger partial charge in [0.2, 0.25) is 10.0 Å². The van der Waals surface area contributed by atoms with Gasteiger partial charge in [-0.05, 0) is 37.0 Å². The Hall–Kier alpha value is -1.27. The molecule has 1 aliphatic heterocycles. The average Bonchev–Trinajstić information content (AvgIpc) is 2.88. The maximum Gasteiger partial charge on any atom is 0.243 e. The molecule has 6 heteroatoms. The molecule has 0 saturated carbocycles. The predicted octanol–water partition coefficient (Wildman–Crippen LogP) is 2.09. The van der Waals surface area contributed by atoms with Crippen molar-refractivity contribution >= 4 is 15.7 Å². The number of benzene rings is 1. The summed E-state index contributed by atoms with van der Waals surface area (Å²) in [5.41, 5.74) is 6.16. The van der Waals surface area contributed by atoms with E-state index >= 15 is 0 Å². The van der Waals surface area contributed by atoms with Gasteiger partial charge in [-0.15, -0.1) is 0 Å². The smallest absolute Gasteiger partial charge is 0.243 e. The van der Waals surface area contributed by atoms with Gasteiger partial charge in [0, 0.05) is 12.6 Å². The molecule has 0 aliphatic carbocycles. The molecule has 2 rings (SSSR count). The number of rotatable bonds is 4. The van der Waals surface area contributed by atoms with Gasteiger partial charge >= 0.3 is 0 Å². The normalized spacial score (nSPS) is 20.5. The lowest BCUT2D eigenvalue weighted by molar-refractivity contribution is 0.315. The van der Waals surface area contributed by atoms with E-state index in [1.54, 1.807) is 16.4 Å². The van der Waals surface area contributed by atoms with Gasteiger partial charge in [0.1, 0.15) is 5.75 Å². The molecule has 0 amide bonds. The van der Waals surface area contributed by atoms with Crippen molar-refractivity contribution in [3.8, 4) is 5.75 Å². The predicted molar refractivity (Wildman–Crippen MR) is 79.2 cm³/mol. The fourth-order valence-electron chi connectivity index (χ4n) is 2.74. The average molecular weight is 298 g/mol. The molecule has 5 nitrogen and oxygen atoms in total. The Morgan fingerprint density at radius 2 is 2.10 bits per heavy atom. The van der Waals surface area contributed by atoms with Gasteiger partial charge in [-0.3, -0.25) is 0 Å². The van der Waals surface area contributed by atoms with Gasteiger partial charge < -0.3 is 10.5 Å². The SMILES string of the molecule is COc1ccc(S(=O)(=O)N2CCCC2C(C)C)cc1N. The third-order valence-electron chi connectivity index (χ3n) is 3.83. The number of nitrogen functional groups attached to an aromatic ring is 1. The molecular weight excluding hydrogens is 276 g/mol. The number of hydrogen-bond donors (Lipinski definition) is 1. The maximum atomic E-state index is 12.7. The topological polar surface area (TPSA) is 72.6 Å². The van der Waals surface area contributed by atoms with Crippen LogP contribution >= 0.6 is 0 Å². The first kappa shape index (κ1) is 15.1. The first-order chi connectivity index (χ1) is 9.37. The quantitative estimate of drug-likeness (QED) is 0.864. The van der Waals surface area contributed by atoms with Crippen molar-refractivity contribution in [2.24, 2.45) is 5.92 Å². The van der Waals surface area contributed by atoms with Crippen LogP contribution in [-0.4, -0.2) is 32.4 Å². The number of anilines is 1. The van der Waals surface area contributed by atoms with Gasteiger partial charge in [0.25, 0.3) is 0 Å². The van der Waals surface area contributed by atoms with Gasteiger partial charge in [-0.25, -0.2) is 8.42 Å². The highest BCUT2D eigenvalue weighted by atomic mass is 32.2. The van der Waals surface area contributed by atoms with Crippen molar-refractivity contribution < 1.29 is 13.2 Å². The van der Waals surface area contributed by atoms with Crippen molar-refractivity contribution in [2.75, 3.05) is 19.4 Å². The van der Waals surface area contributed by atoms with Crippen molar-refractivity contribution in [1.29, 1.82) is 0 Å². The summed E-state index contributed by atoms with van der Waals surface area (Å²) in [6.45, 7) is 4.69. The Morgan fingerprint density at radius 3 is 2.65 bits per heavy atom. The van der Waals surface area contributed by atoms with Crippen LogP contribution in [0.1, 0.15) is 26.7 Å². The van der Waals surface area contributed by atoms with E-state index < -0.39 is 10.0 Å². The van der Waals surface area contributed by atoms with Crippen LogP contribution < -0.4 is 10.5 Å². The summed E-state index contributed by atoms with van der Waals surface area (Å²) in [6.07, 6.45) is 1.83. The molecule has 1 unspecified atom stereocenters. The highest BCUT2D eigenvalue weighted by Crippen LogP contribution is 2.32.